The maximum Gasteiger partial charge on any atom is 0.0575 e. The zero-order valence-corrected chi connectivity index (χ0v) is 12.9. The van der Waals surface area contributed by atoms with Gasteiger partial charge >= 0.3 is 0 Å². The smallest absolute Gasteiger partial charge is 0.0575 e. The van der Waals surface area contributed by atoms with Crippen LogP contribution in [0.5, 0.6) is 0 Å². The standard InChI is InChI=1S/C16H30OS/c1-14-6-8-15(9-7-14)17-12-16(13-18)10-4-2-3-5-11-16/h14-15,18H,2-13H2,1H3. The molecule has 0 aliphatic heterocycles. The van der Waals surface area contributed by atoms with E-state index in [4.69, 9.17) is 4.74 Å². The summed E-state index contributed by atoms with van der Waals surface area (Å²) < 4.78 is 6.27. The molecule has 2 heteroatoms. The second kappa shape index (κ2) is 7.19. The molecule has 2 rings (SSSR count). The van der Waals surface area contributed by atoms with Gasteiger partial charge in [-0.15, -0.1) is 0 Å². The third-order valence-electron chi connectivity index (χ3n) is 5.09. The third-order valence-corrected chi connectivity index (χ3v) is 5.76. The van der Waals surface area contributed by atoms with E-state index in [1.165, 1.54) is 64.2 Å². The van der Waals surface area contributed by atoms with Crippen molar-refractivity contribution in [3.63, 3.8) is 0 Å². The topological polar surface area (TPSA) is 9.23 Å². The second-order valence-corrected chi connectivity index (χ2v) is 7.08. The maximum absolute atomic E-state index is 6.27. The zero-order valence-electron chi connectivity index (χ0n) is 12.0. The van der Waals surface area contributed by atoms with Crippen LogP contribution in [-0.2, 0) is 4.74 Å². The normalized spacial score (nSPS) is 33.0. The van der Waals surface area contributed by atoms with Crippen molar-refractivity contribution in [2.45, 2.75) is 77.2 Å². The predicted molar refractivity (Wildman–Crippen MR) is 81.4 cm³/mol. The highest BCUT2D eigenvalue weighted by atomic mass is 32.1. The molecule has 0 aromatic heterocycles. The molecule has 1 nitrogen and oxygen atoms in total. The third kappa shape index (κ3) is 4.16. The number of thiol groups is 1. The lowest BCUT2D eigenvalue weighted by atomic mass is 9.83. The van der Waals surface area contributed by atoms with E-state index >= 15 is 0 Å². The lowest BCUT2D eigenvalue weighted by Gasteiger charge is -2.34. The van der Waals surface area contributed by atoms with E-state index in [-0.39, 0.29) is 0 Å². The summed E-state index contributed by atoms with van der Waals surface area (Å²) in [6.07, 6.45) is 14.1. The first-order valence-electron chi connectivity index (χ1n) is 7.97. The summed E-state index contributed by atoms with van der Waals surface area (Å²) in [5.74, 6) is 1.93. The van der Waals surface area contributed by atoms with Crippen LogP contribution in [0.4, 0.5) is 0 Å². The average Bonchev–Trinajstić information content (AvgIpc) is 2.64. The van der Waals surface area contributed by atoms with Crippen LogP contribution in [0.1, 0.15) is 71.1 Å². The Kier molecular flexibility index (Phi) is 5.88. The van der Waals surface area contributed by atoms with Crippen LogP contribution in [0, 0.1) is 11.3 Å². The van der Waals surface area contributed by atoms with Crippen molar-refractivity contribution in [3.8, 4) is 0 Å². The van der Waals surface area contributed by atoms with Crippen molar-refractivity contribution in [3.05, 3.63) is 0 Å². The summed E-state index contributed by atoms with van der Waals surface area (Å²) in [7, 11) is 0. The Morgan fingerprint density at radius 2 is 1.61 bits per heavy atom. The van der Waals surface area contributed by atoms with Crippen LogP contribution in [0.3, 0.4) is 0 Å². The highest BCUT2D eigenvalue weighted by Crippen LogP contribution is 2.37. The largest absolute Gasteiger partial charge is 0.378 e. The molecule has 0 aromatic rings. The molecule has 0 saturated heterocycles. The molecule has 0 radical (unpaired) electrons. The van der Waals surface area contributed by atoms with Gasteiger partial charge in [-0.1, -0.05) is 32.6 Å². The molecule has 0 aromatic carbocycles. The summed E-state index contributed by atoms with van der Waals surface area (Å²) in [5.41, 5.74) is 0.392. The fraction of sp³-hybridized carbons (Fsp3) is 1.00. The summed E-state index contributed by atoms with van der Waals surface area (Å²) >= 11 is 4.63. The number of hydrogen-bond acceptors (Lipinski definition) is 2. The van der Waals surface area contributed by atoms with Gasteiger partial charge in [-0.25, -0.2) is 0 Å². The van der Waals surface area contributed by atoms with Crippen molar-refractivity contribution in [1.82, 2.24) is 0 Å². The van der Waals surface area contributed by atoms with Crippen LogP contribution < -0.4 is 0 Å². The van der Waals surface area contributed by atoms with Crippen molar-refractivity contribution in [1.29, 1.82) is 0 Å². The van der Waals surface area contributed by atoms with E-state index in [1.54, 1.807) is 0 Å². The minimum absolute atomic E-state index is 0.392. The Hall–Kier alpha value is 0.310. The molecular weight excluding hydrogens is 240 g/mol. The quantitative estimate of drug-likeness (QED) is 0.567. The second-order valence-electron chi connectivity index (χ2n) is 6.77. The lowest BCUT2D eigenvalue weighted by molar-refractivity contribution is -0.0284. The first-order valence-corrected chi connectivity index (χ1v) is 8.60. The van der Waals surface area contributed by atoms with Gasteiger partial charge in [-0.2, -0.15) is 12.6 Å². The molecule has 2 saturated carbocycles. The molecule has 0 spiro atoms. The van der Waals surface area contributed by atoms with Gasteiger partial charge in [-0.05, 0) is 50.2 Å². The van der Waals surface area contributed by atoms with Gasteiger partial charge < -0.3 is 4.74 Å². The van der Waals surface area contributed by atoms with Crippen LogP contribution >= 0.6 is 12.6 Å². The summed E-state index contributed by atoms with van der Waals surface area (Å²) in [6, 6.07) is 0. The molecule has 0 amide bonds. The Morgan fingerprint density at radius 3 is 2.17 bits per heavy atom. The Bertz CT molecular complexity index is 225. The Labute approximate surface area is 118 Å². The van der Waals surface area contributed by atoms with Crippen molar-refractivity contribution in [2.24, 2.45) is 11.3 Å². The molecule has 0 atom stereocenters. The van der Waals surface area contributed by atoms with E-state index in [2.05, 4.69) is 19.6 Å². The van der Waals surface area contributed by atoms with E-state index in [9.17, 15) is 0 Å². The molecule has 0 unspecified atom stereocenters. The van der Waals surface area contributed by atoms with Gasteiger partial charge in [0.15, 0.2) is 0 Å². The number of rotatable bonds is 4. The van der Waals surface area contributed by atoms with E-state index in [0.29, 0.717) is 11.5 Å². The molecule has 106 valence electrons. The van der Waals surface area contributed by atoms with Crippen molar-refractivity contribution < 1.29 is 4.74 Å². The van der Waals surface area contributed by atoms with Gasteiger partial charge in [0.25, 0.3) is 0 Å². The maximum atomic E-state index is 6.27. The van der Waals surface area contributed by atoms with Gasteiger partial charge in [0.2, 0.25) is 0 Å². The van der Waals surface area contributed by atoms with Crippen LogP contribution in [0.2, 0.25) is 0 Å². The Balaban J connectivity index is 1.78. The number of hydrogen-bond donors (Lipinski definition) is 1. The van der Waals surface area contributed by atoms with Crippen molar-refractivity contribution in [2.75, 3.05) is 12.4 Å². The fourth-order valence-electron chi connectivity index (χ4n) is 3.52. The molecule has 0 N–H and O–H groups in total. The highest BCUT2D eigenvalue weighted by Gasteiger charge is 2.31. The molecule has 0 heterocycles. The molecule has 0 bridgehead atoms. The minimum atomic E-state index is 0.392. The van der Waals surface area contributed by atoms with Gasteiger partial charge in [0.05, 0.1) is 12.7 Å². The molecule has 18 heavy (non-hydrogen) atoms. The van der Waals surface area contributed by atoms with Gasteiger partial charge in [0, 0.05) is 5.41 Å². The van der Waals surface area contributed by atoms with Crippen LogP contribution in [0.15, 0.2) is 0 Å². The summed E-state index contributed by atoms with van der Waals surface area (Å²) in [6.45, 7) is 3.34. The van der Waals surface area contributed by atoms with E-state index < -0.39 is 0 Å². The predicted octanol–water partition coefficient (Wildman–Crippen LogP) is 4.85. The Morgan fingerprint density at radius 1 is 1.00 bits per heavy atom. The van der Waals surface area contributed by atoms with Crippen LogP contribution in [-0.4, -0.2) is 18.5 Å². The fourth-order valence-corrected chi connectivity index (χ4v) is 3.92. The van der Waals surface area contributed by atoms with Gasteiger partial charge in [-0.3, -0.25) is 0 Å². The first-order chi connectivity index (χ1) is 8.74. The van der Waals surface area contributed by atoms with E-state index in [1.807, 2.05) is 0 Å². The minimum Gasteiger partial charge on any atom is -0.378 e. The molecule has 2 aliphatic carbocycles. The zero-order chi connectivity index (χ0) is 12.8. The van der Waals surface area contributed by atoms with Crippen molar-refractivity contribution >= 4 is 12.6 Å². The first kappa shape index (κ1) is 14.7. The van der Waals surface area contributed by atoms with Crippen LogP contribution in [0.25, 0.3) is 0 Å². The molecular formula is C16H30OS. The lowest BCUT2D eigenvalue weighted by Crippen LogP contribution is -2.32. The average molecular weight is 270 g/mol. The molecule has 2 aliphatic rings. The molecule has 2 fully saturated rings. The summed E-state index contributed by atoms with van der Waals surface area (Å²) in [4.78, 5) is 0. The summed E-state index contributed by atoms with van der Waals surface area (Å²) in [5, 5.41) is 0. The monoisotopic (exact) mass is 270 g/mol. The highest BCUT2D eigenvalue weighted by molar-refractivity contribution is 7.80. The van der Waals surface area contributed by atoms with E-state index in [0.717, 1.165) is 18.3 Å². The SMILES string of the molecule is CC1CCC(OCC2(CS)CCCCCC2)CC1. The number of ether oxygens (including phenoxy) is 1. The van der Waals surface area contributed by atoms with Gasteiger partial charge in [0.1, 0.15) is 0 Å².